The van der Waals surface area contributed by atoms with Crippen molar-refractivity contribution in [2.45, 2.75) is 53.1 Å². The van der Waals surface area contributed by atoms with E-state index in [9.17, 15) is 4.79 Å². The summed E-state index contributed by atoms with van der Waals surface area (Å²) in [5.41, 5.74) is 4.37. The van der Waals surface area contributed by atoms with Crippen LogP contribution in [0.5, 0.6) is 5.75 Å². The van der Waals surface area contributed by atoms with Gasteiger partial charge in [-0.3, -0.25) is 4.79 Å². The number of para-hydroxylation sites is 3. The van der Waals surface area contributed by atoms with Crippen molar-refractivity contribution in [2.24, 2.45) is 0 Å². The third kappa shape index (κ3) is 4.71. The number of carbonyl (C=O) groups is 1. The van der Waals surface area contributed by atoms with Crippen LogP contribution in [0.15, 0.2) is 42.5 Å². The fourth-order valence-corrected chi connectivity index (χ4v) is 3.43. The van der Waals surface area contributed by atoms with Gasteiger partial charge in [-0.15, -0.1) is 0 Å². The molecule has 0 saturated heterocycles. The standard InChI is InChI=1S/C23H29N3O2/c1-4-9-22(27)24-16-21-25-19-12-5-6-13-20(19)26(21)14-8-15-28-23-17(2)10-7-11-18(23)3/h5-7,10-13H,4,8-9,14-16H2,1-3H3,(H,24,27). The monoisotopic (exact) mass is 379 g/mol. The second-order valence-electron chi connectivity index (χ2n) is 7.12. The number of nitrogens with zero attached hydrogens (tertiary/aromatic N) is 2. The van der Waals surface area contributed by atoms with Gasteiger partial charge < -0.3 is 14.6 Å². The van der Waals surface area contributed by atoms with Gasteiger partial charge in [-0.1, -0.05) is 37.3 Å². The zero-order valence-corrected chi connectivity index (χ0v) is 17.0. The van der Waals surface area contributed by atoms with Gasteiger partial charge in [0.2, 0.25) is 5.91 Å². The van der Waals surface area contributed by atoms with E-state index < -0.39 is 0 Å². The molecule has 3 rings (SSSR count). The molecule has 0 spiro atoms. The second kappa shape index (κ2) is 9.40. The number of aryl methyl sites for hydroxylation is 3. The summed E-state index contributed by atoms with van der Waals surface area (Å²) in [6.07, 6.45) is 2.26. The van der Waals surface area contributed by atoms with Crippen molar-refractivity contribution in [1.82, 2.24) is 14.9 Å². The first kappa shape index (κ1) is 19.9. The SMILES string of the molecule is CCCC(=O)NCc1nc2ccccc2n1CCCOc1c(C)cccc1C. The highest BCUT2D eigenvalue weighted by atomic mass is 16.5. The van der Waals surface area contributed by atoms with Gasteiger partial charge in [0.15, 0.2) is 0 Å². The zero-order valence-electron chi connectivity index (χ0n) is 17.0. The van der Waals surface area contributed by atoms with Crippen LogP contribution in [0.4, 0.5) is 0 Å². The van der Waals surface area contributed by atoms with Crippen molar-refractivity contribution >= 4 is 16.9 Å². The zero-order chi connectivity index (χ0) is 19.9. The van der Waals surface area contributed by atoms with Crippen LogP contribution in [-0.2, 0) is 17.9 Å². The van der Waals surface area contributed by atoms with Gasteiger partial charge in [0.05, 0.1) is 24.2 Å². The van der Waals surface area contributed by atoms with Gasteiger partial charge in [-0.05, 0) is 49.9 Å². The quantitative estimate of drug-likeness (QED) is 0.555. The molecule has 0 saturated carbocycles. The minimum atomic E-state index is 0.0690. The summed E-state index contributed by atoms with van der Waals surface area (Å²) in [7, 11) is 0. The molecule has 148 valence electrons. The predicted octanol–water partition coefficient (Wildman–Crippen LogP) is 4.54. The first-order valence-corrected chi connectivity index (χ1v) is 10.00. The summed E-state index contributed by atoms with van der Waals surface area (Å²) >= 11 is 0. The van der Waals surface area contributed by atoms with Crippen LogP contribution in [0.3, 0.4) is 0 Å². The molecule has 1 N–H and O–H groups in total. The Bertz CT molecular complexity index is 926. The number of carbonyl (C=O) groups excluding carboxylic acids is 1. The highest BCUT2D eigenvalue weighted by molar-refractivity contribution is 5.77. The number of nitrogens with one attached hydrogen (secondary N) is 1. The molecule has 3 aromatic rings. The molecule has 0 unspecified atom stereocenters. The average Bonchev–Trinajstić information content (AvgIpc) is 3.03. The maximum atomic E-state index is 11.9. The average molecular weight is 380 g/mol. The molecular formula is C23H29N3O2. The molecule has 1 amide bonds. The molecule has 28 heavy (non-hydrogen) atoms. The lowest BCUT2D eigenvalue weighted by Crippen LogP contribution is -2.24. The lowest BCUT2D eigenvalue weighted by molar-refractivity contribution is -0.121. The molecule has 5 nitrogen and oxygen atoms in total. The Labute approximate surface area is 166 Å². The Kier molecular flexibility index (Phi) is 6.69. The van der Waals surface area contributed by atoms with Gasteiger partial charge in [-0.25, -0.2) is 4.98 Å². The number of ether oxygens (including phenoxy) is 1. The van der Waals surface area contributed by atoms with E-state index in [1.54, 1.807) is 0 Å². The van der Waals surface area contributed by atoms with E-state index in [2.05, 4.69) is 41.9 Å². The molecule has 0 aliphatic rings. The third-order valence-corrected chi connectivity index (χ3v) is 4.84. The van der Waals surface area contributed by atoms with Crippen molar-refractivity contribution < 1.29 is 9.53 Å². The number of benzene rings is 2. The van der Waals surface area contributed by atoms with E-state index in [0.29, 0.717) is 19.6 Å². The summed E-state index contributed by atoms with van der Waals surface area (Å²) in [6, 6.07) is 14.3. The van der Waals surface area contributed by atoms with Crippen LogP contribution in [0.2, 0.25) is 0 Å². The van der Waals surface area contributed by atoms with Crippen LogP contribution < -0.4 is 10.1 Å². The largest absolute Gasteiger partial charge is 0.493 e. The Balaban J connectivity index is 1.67. The number of fused-ring (bicyclic) bond motifs is 1. The van der Waals surface area contributed by atoms with Gasteiger partial charge in [0.25, 0.3) is 0 Å². The molecule has 0 bridgehead atoms. The molecule has 0 atom stereocenters. The van der Waals surface area contributed by atoms with Crippen molar-refractivity contribution in [3.05, 3.63) is 59.4 Å². The Morgan fingerprint density at radius 2 is 1.86 bits per heavy atom. The molecule has 1 aromatic heterocycles. The van der Waals surface area contributed by atoms with Crippen molar-refractivity contribution in [3.8, 4) is 5.75 Å². The predicted molar refractivity (Wildman–Crippen MR) is 113 cm³/mol. The number of hydrogen-bond donors (Lipinski definition) is 1. The van der Waals surface area contributed by atoms with E-state index in [0.717, 1.165) is 53.1 Å². The molecule has 2 aromatic carbocycles. The number of rotatable bonds is 9. The summed E-state index contributed by atoms with van der Waals surface area (Å²) in [5.74, 6) is 1.93. The van der Waals surface area contributed by atoms with E-state index in [1.165, 1.54) is 0 Å². The molecule has 0 fully saturated rings. The molecule has 1 heterocycles. The Morgan fingerprint density at radius 3 is 2.61 bits per heavy atom. The van der Waals surface area contributed by atoms with Gasteiger partial charge in [-0.2, -0.15) is 0 Å². The summed E-state index contributed by atoms with van der Waals surface area (Å²) in [4.78, 5) is 16.6. The molecule has 5 heteroatoms. The molecule has 0 aliphatic carbocycles. The normalized spacial score (nSPS) is 11.0. The maximum Gasteiger partial charge on any atom is 0.220 e. The number of amides is 1. The molecule has 0 aliphatic heterocycles. The minimum Gasteiger partial charge on any atom is -0.493 e. The smallest absolute Gasteiger partial charge is 0.220 e. The van der Waals surface area contributed by atoms with Crippen LogP contribution in [-0.4, -0.2) is 22.1 Å². The fourth-order valence-electron chi connectivity index (χ4n) is 3.43. The highest BCUT2D eigenvalue weighted by Crippen LogP contribution is 2.23. The van der Waals surface area contributed by atoms with E-state index >= 15 is 0 Å². The number of imidazole rings is 1. The van der Waals surface area contributed by atoms with Crippen molar-refractivity contribution in [3.63, 3.8) is 0 Å². The van der Waals surface area contributed by atoms with Crippen molar-refractivity contribution in [2.75, 3.05) is 6.61 Å². The Hall–Kier alpha value is -2.82. The maximum absolute atomic E-state index is 11.9. The highest BCUT2D eigenvalue weighted by Gasteiger charge is 2.11. The van der Waals surface area contributed by atoms with Crippen molar-refractivity contribution in [1.29, 1.82) is 0 Å². The summed E-state index contributed by atoms with van der Waals surface area (Å²) in [6.45, 7) is 8.03. The van der Waals surface area contributed by atoms with Crippen LogP contribution in [0.1, 0.15) is 43.1 Å². The third-order valence-electron chi connectivity index (χ3n) is 4.84. The Morgan fingerprint density at radius 1 is 1.11 bits per heavy atom. The van der Waals surface area contributed by atoms with Crippen LogP contribution in [0, 0.1) is 13.8 Å². The fraction of sp³-hybridized carbons (Fsp3) is 0.391. The first-order valence-electron chi connectivity index (χ1n) is 10.00. The van der Waals surface area contributed by atoms with Crippen LogP contribution in [0.25, 0.3) is 11.0 Å². The summed E-state index contributed by atoms with van der Waals surface area (Å²) < 4.78 is 8.23. The van der Waals surface area contributed by atoms with E-state index in [-0.39, 0.29) is 5.91 Å². The van der Waals surface area contributed by atoms with E-state index in [4.69, 9.17) is 9.72 Å². The number of aromatic nitrogens is 2. The van der Waals surface area contributed by atoms with Gasteiger partial charge in [0, 0.05) is 13.0 Å². The number of hydrogen-bond acceptors (Lipinski definition) is 3. The minimum absolute atomic E-state index is 0.0690. The molecular weight excluding hydrogens is 350 g/mol. The van der Waals surface area contributed by atoms with Gasteiger partial charge in [0.1, 0.15) is 11.6 Å². The topological polar surface area (TPSA) is 56.2 Å². The lowest BCUT2D eigenvalue weighted by Gasteiger charge is -2.13. The first-order chi connectivity index (χ1) is 13.6. The van der Waals surface area contributed by atoms with Gasteiger partial charge >= 0.3 is 0 Å². The van der Waals surface area contributed by atoms with E-state index in [1.807, 2.05) is 31.2 Å². The summed E-state index contributed by atoms with van der Waals surface area (Å²) in [5, 5.41) is 2.98. The van der Waals surface area contributed by atoms with Crippen LogP contribution >= 0.6 is 0 Å². The lowest BCUT2D eigenvalue weighted by atomic mass is 10.1. The second-order valence-corrected chi connectivity index (χ2v) is 7.12. The molecule has 0 radical (unpaired) electrons.